The van der Waals surface area contributed by atoms with Crippen molar-refractivity contribution < 1.29 is 18.9 Å². The van der Waals surface area contributed by atoms with Gasteiger partial charge in [0, 0.05) is 23.2 Å². The minimum Gasteiger partial charge on any atom is -0.447 e. The van der Waals surface area contributed by atoms with E-state index in [1.54, 1.807) is 0 Å². The standard InChI is InChI=1S/C25H24NO4P/c27-24(26-21(19-30-25(26)28)18-20-10-4-1-5-11-20)16-17-31(29,22-12-6-2-7-13-22)23-14-8-3-9-15-23/h1-15,21H,16-19H2/t21-/m0/s1. The Morgan fingerprint density at radius 2 is 1.39 bits per heavy atom. The molecule has 0 saturated carbocycles. The van der Waals surface area contributed by atoms with Crippen molar-refractivity contribution >= 4 is 29.8 Å². The summed E-state index contributed by atoms with van der Waals surface area (Å²) in [6.45, 7) is 0.175. The number of imide groups is 1. The van der Waals surface area contributed by atoms with Gasteiger partial charge in [-0.2, -0.15) is 0 Å². The summed E-state index contributed by atoms with van der Waals surface area (Å²) in [5, 5.41) is 1.41. The monoisotopic (exact) mass is 433 g/mol. The lowest BCUT2D eigenvalue weighted by molar-refractivity contribution is -0.128. The first-order valence-corrected chi connectivity index (χ1v) is 12.2. The third-order valence-corrected chi connectivity index (χ3v) is 8.65. The minimum atomic E-state index is -3.02. The topological polar surface area (TPSA) is 63.7 Å². The van der Waals surface area contributed by atoms with Gasteiger partial charge in [0.15, 0.2) is 0 Å². The van der Waals surface area contributed by atoms with Crippen LogP contribution in [0.5, 0.6) is 0 Å². The van der Waals surface area contributed by atoms with Crippen LogP contribution < -0.4 is 10.6 Å². The van der Waals surface area contributed by atoms with Crippen LogP contribution in [0, 0.1) is 0 Å². The van der Waals surface area contributed by atoms with Crippen molar-refractivity contribution in [2.24, 2.45) is 0 Å². The van der Waals surface area contributed by atoms with Crippen LogP contribution in [0.2, 0.25) is 0 Å². The zero-order chi connectivity index (χ0) is 21.7. The highest BCUT2D eigenvalue weighted by Crippen LogP contribution is 2.44. The van der Waals surface area contributed by atoms with Crippen LogP contribution in [-0.4, -0.2) is 35.7 Å². The Morgan fingerprint density at radius 3 is 1.94 bits per heavy atom. The molecule has 3 aromatic carbocycles. The molecule has 0 aromatic heterocycles. The van der Waals surface area contributed by atoms with Crippen molar-refractivity contribution in [2.45, 2.75) is 18.9 Å². The fourth-order valence-electron chi connectivity index (χ4n) is 3.92. The Balaban J connectivity index is 1.53. The van der Waals surface area contributed by atoms with Crippen molar-refractivity contribution in [3.8, 4) is 0 Å². The lowest BCUT2D eigenvalue weighted by Gasteiger charge is -2.22. The third-order valence-electron chi connectivity index (χ3n) is 5.53. The highest BCUT2D eigenvalue weighted by Gasteiger charge is 2.39. The number of carbonyl (C=O) groups excluding carboxylic acids is 2. The molecule has 4 rings (SSSR count). The molecule has 5 nitrogen and oxygen atoms in total. The first-order chi connectivity index (χ1) is 15.1. The highest BCUT2D eigenvalue weighted by atomic mass is 31.2. The minimum absolute atomic E-state index is 0.00144. The van der Waals surface area contributed by atoms with Crippen LogP contribution in [0.1, 0.15) is 12.0 Å². The Kier molecular flexibility index (Phi) is 6.34. The van der Waals surface area contributed by atoms with Gasteiger partial charge < -0.3 is 9.30 Å². The average Bonchev–Trinajstić information content (AvgIpc) is 3.19. The molecular weight excluding hydrogens is 409 g/mol. The number of amides is 2. The number of carbonyl (C=O) groups is 2. The van der Waals surface area contributed by atoms with Crippen molar-refractivity contribution in [3.05, 3.63) is 96.6 Å². The number of ether oxygens (including phenoxy) is 1. The number of nitrogens with zero attached hydrogens (tertiary/aromatic N) is 1. The van der Waals surface area contributed by atoms with Gasteiger partial charge in [-0.3, -0.25) is 4.79 Å². The second kappa shape index (κ2) is 9.32. The summed E-state index contributed by atoms with van der Waals surface area (Å²) in [5.74, 6) is -0.351. The molecule has 3 aromatic rings. The molecule has 0 unspecified atom stereocenters. The summed E-state index contributed by atoms with van der Waals surface area (Å²) in [4.78, 5) is 26.6. The van der Waals surface area contributed by atoms with E-state index in [1.807, 2.05) is 91.0 Å². The average molecular weight is 433 g/mol. The summed E-state index contributed by atoms with van der Waals surface area (Å²) in [7, 11) is -3.02. The number of rotatable bonds is 7. The molecule has 158 valence electrons. The predicted molar refractivity (Wildman–Crippen MR) is 121 cm³/mol. The molecule has 31 heavy (non-hydrogen) atoms. The largest absolute Gasteiger partial charge is 0.447 e. The van der Waals surface area contributed by atoms with Gasteiger partial charge in [0.05, 0.1) is 6.04 Å². The summed E-state index contributed by atoms with van der Waals surface area (Å²) in [5.41, 5.74) is 1.03. The van der Waals surface area contributed by atoms with Crippen LogP contribution in [0.15, 0.2) is 91.0 Å². The van der Waals surface area contributed by atoms with Gasteiger partial charge in [-0.25, -0.2) is 9.69 Å². The Bertz CT molecular complexity index is 1040. The zero-order valence-electron chi connectivity index (χ0n) is 17.1. The molecule has 0 bridgehead atoms. The molecule has 2 amide bonds. The summed E-state index contributed by atoms with van der Waals surface area (Å²) < 4.78 is 19.3. The van der Waals surface area contributed by atoms with Gasteiger partial charge in [-0.1, -0.05) is 91.0 Å². The normalized spacial score (nSPS) is 16.2. The summed E-state index contributed by atoms with van der Waals surface area (Å²) >= 11 is 0. The number of hydrogen-bond donors (Lipinski definition) is 0. The molecule has 0 spiro atoms. The van der Waals surface area contributed by atoms with E-state index in [0.717, 1.165) is 5.56 Å². The van der Waals surface area contributed by atoms with Gasteiger partial charge in [-0.15, -0.1) is 0 Å². The highest BCUT2D eigenvalue weighted by molar-refractivity contribution is 7.78. The molecule has 1 aliphatic heterocycles. The molecule has 1 saturated heterocycles. The van der Waals surface area contributed by atoms with E-state index in [4.69, 9.17) is 4.74 Å². The lowest BCUT2D eigenvalue weighted by Crippen LogP contribution is -2.40. The first-order valence-electron chi connectivity index (χ1n) is 10.3. The van der Waals surface area contributed by atoms with Crippen LogP contribution in [0.25, 0.3) is 0 Å². The number of cyclic esters (lactones) is 1. The molecular formula is C25H24NO4P. The number of hydrogen-bond acceptors (Lipinski definition) is 4. The van der Waals surface area contributed by atoms with Gasteiger partial charge in [0.1, 0.15) is 13.7 Å². The zero-order valence-corrected chi connectivity index (χ0v) is 18.0. The van der Waals surface area contributed by atoms with Crippen molar-refractivity contribution in [2.75, 3.05) is 12.8 Å². The van der Waals surface area contributed by atoms with Crippen molar-refractivity contribution in [1.82, 2.24) is 4.90 Å². The van der Waals surface area contributed by atoms with E-state index in [9.17, 15) is 14.2 Å². The molecule has 1 heterocycles. The van der Waals surface area contributed by atoms with Crippen LogP contribution in [0.3, 0.4) is 0 Å². The van der Waals surface area contributed by atoms with Gasteiger partial charge in [-0.05, 0) is 12.0 Å². The van der Waals surface area contributed by atoms with E-state index < -0.39 is 13.2 Å². The summed E-state index contributed by atoms with van der Waals surface area (Å²) in [6, 6.07) is 27.8. The SMILES string of the molecule is O=C(CCP(=O)(c1ccccc1)c1ccccc1)N1C(=O)OC[C@@H]1Cc1ccccc1. The number of benzene rings is 3. The van der Waals surface area contributed by atoms with Crippen molar-refractivity contribution in [3.63, 3.8) is 0 Å². The molecule has 0 N–H and O–H groups in total. The smallest absolute Gasteiger partial charge is 0.416 e. The van der Waals surface area contributed by atoms with Gasteiger partial charge in [0.2, 0.25) is 5.91 Å². The van der Waals surface area contributed by atoms with Crippen LogP contribution in [0.4, 0.5) is 4.79 Å². The maximum absolute atomic E-state index is 14.1. The Hall–Kier alpha value is -3.17. The quantitative estimate of drug-likeness (QED) is 0.529. The second-order valence-electron chi connectivity index (χ2n) is 7.57. The van der Waals surface area contributed by atoms with Crippen LogP contribution in [-0.2, 0) is 20.5 Å². The maximum Gasteiger partial charge on any atom is 0.416 e. The van der Waals surface area contributed by atoms with E-state index in [2.05, 4.69) is 0 Å². The maximum atomic E-state index is 14.1. The van der Waals surface area contributed by atoms with E-state index in [-0.39, 0.29) is 31.1 Å². The Labute approximate surface area is 182 Å². The van der Waals surface area contributed by atoms with E-state index in [1.165, 1.54) is 4.90 Å². The predicted octanol–water partition coefficient (Wildman–Crippen LogP) is 3.98. The molecule has 0 aliphatic carbocycles. The van der Waals surface area contributed by atoms with E-state index in [0.29, 0.717) is 17.0 Å². The fraction of sp³-hybridized carbons (Fsp3) is 0.200. The third kappa shape index (κ3) is 4.62. The molecule has 6 heteroatoms. The lowest BCUT2D eigenvalue weighted by atomic mass is 10.1. The molecule has 1 fully saturated rings. The fourth-order valence-corrected chi connectivity index (χ4v) is 6.55. The van der Waals surface area contributed by atoms with Gasteiger partial charge >= 0.3 is 6.09 Å². The second-order valence-corrected chi connectivity index (χ2v) is 10.5. The van der Waals surface area contributed by atoms with Crippen molar-refractivity contribution in [1.29, 1.82) is 0 Å². The Morgan fingerprint density at radius 1 is 0.871 bits per heavy atom. The molecule has 1 aliphatic rings. The van der Waals surface area contributed by atoms with Gasteiger partial charge in [0.25, 0.3) is 0 Å². The summed E-state index contributed by atoms with van der Waals surface area (Å²) in [6.07, 6.45) is 0.0661. The van der Waals surface area contributed by atoms with Crippen LogP contribution >= 0.6 is 7.14 Å². The van der Waals surface area contributed by atoms with E-state index >= 15 is 0 Å². The molecule has 1 atom stereocenters. The first kappa shape index (κ1) is 21.1. The molecule has 0 radical (unpaired) electrons.